The molecule has 28 heavy (non-hydrogen) atoms. The van der Waals surface area contributed by atoms with Crippen molar-refractivity contribution in [3.05, 3.63) is 0 Å². The first-order valence-electron chi connectivity index (χ1n) is 9.07. The van der Waals surface area contributed by atoms with Crippen molar-refractivity contribution in [1.82, 2.24) is 21.3 Å². The van der Waals surface area contributed by atoms with Crippen molar-refractivity contribution in [3.8, 4) is 0 Å². The Morgan fingerprint density at radius 3 is 2.25 bits per heavy atom. The molecule has 0 bridgehead atoms. The van der Waals surface area contributed by atoms with Gasteiger partial charge in [-0.05, 0) is 25.7 Å². The van der Waals surface area contributed by atoms with E-state index in [0.29, 0.717) is 13.0 Å². The first-order valence-corrected chi connectivity index (χ1v) is 9.07. The van der Waals surface area contributed by atoms with Gasteiger partial charge in [0.2, 0.25) is 24.0 Å². The number of hydrogen-bond acceptors (Lipinski definition) is 6. The normalized spacial score (nSPS) is 13.8. The van der Waals surface area contributed by atoms with Crippen molar-refractivity contribution in [3.63, 3.8) is 0 Å². The lowest BCUT2D eigenvalue weighted by atomic mass is 10.1. The van der Waals surface area contributed by atoms with Crippen molar-refractivity contribution in [2.75, 3.05) is 13.2 Å². The first kappa shape index (κ1) is 25.3. The van der Waals surface area contributed by atoms with E-state index in [0.717, 1.165) is 0 Å². The van der Waals surface area contributed by atoms with Crippen LogP contribution in [-0.4, -0.2) is 66.4 Å². The van der Waals surface area contributed by atoms with E-state index < -0.39 is 36.5 Å². The van der Waals surface area contributed by atoms with Gasteiger partial charge < -0.3 is 32.1 Å². The summed E-state index contributed by atoms with van der Waals surface area (Å²) in [5.41, 5.74) is 5.14. The molecule has 0 aliphatic rings. The lowest BCUT2D eigenvalue weighted by molar-refractivity contribution is -0.133. The zero-order chi connectivity index (χ0) is 21.7. The van der Waals surface area contributed by atoms with Gasteiger partial charge in [-0.25, -0.2) is 0 Å². The SMILES string of the molecule is CC(C)CC(=O)N[C@H](CO)C(=O)N[C@@H](C)C(=O)N[C@H]([C]=O)CCCNC(=N)N. The van der Waals surface area contributed by atoms with E-state index in [9.17, 15) is 24.3 Å². The number of hydrogen-bond donors (Lipinski definition) is 7. The Balaban J connectivity index is 4.51. The molecule has 0 rings (SSSR count). The van der Waals surface area contributed by atoms with Crippen LogP contribution in [0.1, 0.15) is 40.0 Å². The summed E-state index contributed by atoms with van der Waals surface area (Å²) in [5, 5.41) is 26.2. The molecule has 0 aliphatic carbocycles. The molecule has 0 unspecified atom stereocenters. The highest BCUT2D eigenvalue weighted by molar-refractivity contribution is 5.92. The molecule has 8 N–H and O–H groups in total. The lowest BCUT2D eigenvalue weighted by Crippen LogP contribution is -2.55. The van der Waals surface area contributed by atoms with Crippen LogP contribution in [0.25, 0.3) is 0 Å². The first-order chi connectivity index (χ1) is 13.1. The third-order valence-electron chi connectivity index (χ3n) is 3.62. The van der Waals surface area contributed by atoms with Crippen molar-refractivity contribution >= 4 is 30.0 Å². The maximum atomic E-state index is 12.2. The monoisotopic (exact) mass is 399 g/mol. The van der Waals surface area contributed by atoms with Gasteiger partial charge >= 0.3 is 0 Å². The fourth-order valence-corrected chi connectivity index (χ4v) is 2.18. The van der Waals surface area contributed by atoms with E-state index in [4.69, 9.17) is 11.1 Å². The summed E-state index contributed by atoms with van der Waals surface area (Å²) in [6.45, 7) is 4.85. The fraction of sp³-hybridized carbons (Fsp3) is 0.706. The molecule has 3 amide bonds. The summed E-state index contributed by atoms with van der Waals surface area (Å²) in [4.78, 5) is 47.0. The summed E-state index contributed by atoms with van der Waals surface area (Å²) >= 11 is 0. The Hall–Kier alpha value is -2.69. The topological polar surface area (TPSA) is 186 Å². The zero-order valence-electron chi connectivity index (χ0n) is 16.5. The van der Waals surface area contributed by atoms with Crippen molar-refractivity contribution in [2.24, 2.45) is 11.7 Å². The van der Waals surface area contributed by atoms with Crippen LogP contribution in [0.3, 0.4) is 0 Å². The number of amides is 3. The molecule has 0 heterocycles. The lowest BCUT2D eigenvalue weighted by Gasteiger charge is -2.21. The Labute approximate surface area is 164 Å². The maximum absolute atomic E-state index is 12.2. The second kappa shape index (κ2) is 13.5. The zero-order valence-corrected chi connectivity index (χ0v) is 16.5. The largest absolute Gasteiger partial charge is 0.394 e. The van der Waals surface area contributed by atoms with Gasteiger partial charge in [-0.3, -0.25) is 24.6 Å². The van der Waals surface area contributed by atoms with Gasteiger partial charge in [0, 0.05) is 13.0 Å². The third-order valence-corrected chi connectivity index (χ3v) is 3.62. The molecular weight excluding hydrogens is 368 g/mol. The molecule has 0 aromatic heterocycles. The standard InChI is InChI=1S/C17H31N6O5/c1-10(2)7-14(26)23-13(9-25)16(28)21-11(3)15(27)22-12(8-24)5-4-6-20-17(18)19/h10-13,25H,4-7,9H2,1-3H3,(H,21,28)(H,22,27)(H,23,26)(H4,18,19,20)/t11-,12-,13+/m0/s1. The van der Waals surface area contributed by atoms with E-state index in [1.807, 2.05) is 13.8 Å². The van der Waals surface area contributed by atoms with Crippen molar-refractivity contribution < 1.29 is 24.3 Å². The molecular formula is C17H31N6O5. The summed E-state index contributed by atoms with van der Waals surface area (Å²) < 4.78 is 0. The van der Waals surface area contributed by atoms with E-state index in [2.05, 4.69) is 21.3 Å². The smallest absolute Gasteiger partial charge is 0.245 e. The minimum absolute atomic E-state index is 0.0919. The number of aliphatic hydroxyl groups is 1. The molecule has 159 valence electrons. The van der Waals surface area contributed by atoms with Crippen LogP contribution in [0.5, 0.6) is 0 Å². The second-order valence-corrected chi connectivity index (χ2v) is 6.79. The number of carbonyl (C=O) groups excluding carboxylic acids is 4. The van der Waals surface area contributed by atoms with Gasteiger partial charge in [-0.2, -0.15) is 0 Å². The third kappa shape index (κ3) is 11.1. The Bertz CT molecular complexity index is 554. The molecule has 0 spiro atoms. The minimum atomic E-state index is -1.17. The highest BCUT2D eigenvalue weighted by atomic mass is 16.3. The van der Waals surface area contributed by atoms with Crippen LogP contribution in [-0.2, 0) is 19.2 Å². The predicted octanol–water partition coefficient (Wildman–Crippen LogP) is -2.13. The molecule has 0 saturated carbocycles. The molecule has 11 nitrogen and oxygen atoms in total. The van der Waals surface area contributed by atoms with Crippen LogP contribution in [0, 0.1) is 11.3 Å². The van der Waals surface area contributed by atoms with Crippen molar-refractivity contribution in [1.29, 1.82) is 5.41 Å². The molecule has 0 aromatic rings. The van der Waals surface area contributed by atoms with E-state index in [1.54, 1.807) is 6.29 Å². The fourth-order valence-electron chi connectivity index (χ4n) is 2.18. The van der Waals surface area contributed by atoms with Gasteiger partial charge in [0.15, 0.2) is 5.96 Å². The van der Waals surface area contributed by atoms with E-state index in [-0.39, 0.29) is 30.6 Å². The highest BCUT2D eigenvalue weighted by Gasteiger charge is 2.25. The number of carbonyl (C=O) groups is 3. The number of aliphatic hydroxyl groups excluding tert-OH is 1. The molecule has 0 aromatic carbocycles. The van der Waals surface area contributed by atoms with Gasteiger partial charge in [-0.15, -0.1) is 0 Å². The summed E-state index contributed by atoms with van der Waals surface area (Å²) in [7, 11) is 0. The Kier molecular flexibility index (Phi) is 12.2. The van der Waals surface area contributed by atoms with Gasteiger partial charge in [0.25, 0.3) is 0 Å². The number of guanidine groups is 1. The second-order valence-electron chi connectivity index (χ2n) is 6.79. The number of rotatable bonds is 13. The summed E-state index contributed by atoms with van der Waals surface area (Å²) in [6.07, 6.45) is 2.65. The highest BCUT2D eigenvalue weighted by Crippen LogP contribution is 2.00. The minimum Gasteiger partial charge on any atom is -0.394 e. The Morgan fingerprint density at radius 2 is 1.75 bits per heavy atom. The van der Waals surface area contributed by atoms with E-state index >= 15 is 0 Å². The van der Waals surface area contributed by atoms with Crippen LogP contribution in [0.15, 0.2) is 0 Å². The summed E-state index contributed by atoms with van der Waals surface area (Å²) in [5.74, 6) is -1.79. The van der Waals surface area contributed by atoms with Crippen LogP contribution >= 0.6 is 0 Å². The average Bonchev–Trinajstić information content (AvgIpc) is 2.60. The van der Waals surface area contributed by atoms with Gasteiger partial charge in [0.05, 0.1) is 12.6 Å². The Morgan fingerprint density at radius 1 is 1.11 bits per heavy atom. The van der Waals surface area contributed by atoms with Crippen LogP contribution < -0.4 is 27.0 Å². The van der Waals surface area contributed by atoms with Gasteiger partial charge in [-0.1, -0.05) is 13.8 Å². The summed E-state index contributed by atoms with van der Waals surface area (Å²) in [6, 6.07) is -3.04. The average molecular weight is 399 g/mol. The number of nitrogens with two attached hydrogens (primary N) is 1. The van der Waals surface area contributed by atoms with E-state index in [1.165, 1.54) is 6.92 Å². The molecule has 11 heteroatoms. The predicted molar refractivity (Wildman–Crippen MR) is 103 cm³/mol. The molecule has 0 aliphatic heterocycles. The van der Waals surface area contributed by atoms with Crippen LogP contribution in [0.2, 0.25) is 0 Å². The van der Waals surface area contributed by atoms with Crippen LogP contribution in [0.4, 0.5) is 0 Å². The molecule has 1 radical (unpaired) electrons. The van der Waals surface area contributed by atoms with Crippen molar-refractivity contribution in [2.45, 2.75) is 58.2 Å². The molecule has 0 saturated heterocycles. The number of nitrogens with one attached hydrogen (secondary N) is 5. The molecule has 3 atom stereocenters. The molecule has 0 fully saturated rings. The van der Waals surface area contributed by atoms with Gasteiger partial charge in [0.1, 0.15) is 12.1 Å². The maximum Gasteiger partial charge on any atom is 0.245 e. The quantitative estimate of drug-likeness (QED) is 0.105.